The maximum absolute atomic E-state index is 11.4. The van der Waals surface area contributed by atoms with Gasteiger partial charge < -0.3 is 0 Å². The average Bonchev–Trinajstić information content (AvgIpc) is 2.04. The molecule has 0 radical (unpaired) electrons. The van der Waals surface area contributed by atoms with Gasteiger partial charge >= 0.3 is 0 Å². The van der Waals surface area contributed by atoms with Crippen LogP contribution in [0.4, 0.5) is 0 Å². The predicted molar refractivity (Wildman–Crippen MR) is 51.7 cm³/mol. The largest absolute Gasteiger partial charge is 0.293 e. The van der Waals surface area contributed by atoms with Gasteiger partial charge in [-0.15, -0.1) is 11.8 Å². The number of aryl methyl sites for hydroxylation is 1. The van der Waals surface area contributed by atoms with E-state index in [2.05, 4.69) is 13.0 Å². The molecule has 0 unspecified atom stereocenters. The fourth-order valence-corrected chi connectivity index (χ4v) is 2.35. The van der Waals surface area contributed by atoms with E-state index in [1.54, 1.807) is 11.8 Å². The molecular formula is C10H10OS. The number of fused-ring (bicyclic) bond motifs is 1. The number of carbonyl (C=O) groups is 1. The number of thioether (sulfide) groups is 1. The van der Waals surface area contributed by atoms with Gasteiger partial charge in [-0.2, -0.15) is 0 Å². The van der Waals surface area contributed by atoms with Gasteiger partial charge in [0.25, 0.3) is 0 Å². The minimum absolute atomic E-state index is 0.279. The molecule has 0 atom stereocenters. The minimum atomic E-state index is 0.279. The first-order chi connectivity index (χ1) is 5.77. The zero-order chi connectivity index (χ0) is 8.55. The summed E-state index contributed by atoms with van der Waals surface area (Å²) in [5.74, 6) is 1.92. The van der Waals surface area contributed by atoms with Crippen molar-refractivity contribution in [3.05, 3.63) is 34.9 Å². The first kappa shape index (κ1) is 7.87. The number of carbonyl (C=O) groups excluding carboxylic acids is 1. The molecule has 0 aliphatic carbocycles. The molecule has 1 aliphatic rings. The Bertz CT molecular complexity index is 331. The van der Waals surface area contributed by atoms with E-state index in [0.29, 0.717) is 5.75 Å². The second-order valence-electron chi connectivity index (χ2n) is 3.08. The highest BCUT2D eigenvalue weighted by Crippen LogP contribution is 2.24. The van der Waals surface area contributed by atoms with Gasteiger partial charge in [-0.05, 0) is 12.5 Å². The molecule has 1 aromatic rings. The predicted octanol–water partition coefficient (Wildman–Crippen LogP) is 2.42. The summed E-state index contributed by atoms with van der Waals surface area (Å²) in [5, 5.41) is 0. The number of hydrogen-bond donors (Lipinski definition) is 0. The van der Waals surface area contributed by atoms with Crippen LogP contribution in [0.2, 0.25) is 0 Å². The Labute approximate surface area is 76.2 Å². The molecule has 0 bridgehead atoms. The summed E-state index contributed by atoms with van der Waals surface area (Å²) in [4.78, 5) is 11.4. The lowest BCUT2D eigenvalue weighted by atomic mass is 10.0. The Balaban J connectivity index is 2.53. The number of ketones is 1. The quantitative estimate of drug-likeness (QED) is 0.607. The normalized spacial score (nSPS) is 15.9. The van der Waals surface area contributed by atoms with Crippen molar-refractivity contribution < 1.29 is 4.79 Å². The van der Waals surface area contributed by atoms with Gasteiger partial charge in [0.05, 0.1) is 5.75 Å². The van der Waals surface area contributed by atoms with E-state index in [1.807, 2.05) is 12.1 Å². The molecule has 1 heterocycles. The fourth-order valence-electron chi connectivity index (χ4n) is 1.45. The Morgan fingerprint density at radius 1 is 1.33 bits per heavy atom. The molecule has 0 amide bonds. The number of Topliss-reactive ketones (excluding diaryl/α,β-unsaturated/α-hetero) is 1. The lowest BCUT2D eigenvalue weighted by Gasteiger charge is -2.14. The number of benzene rings is 1. The van der Waals surface area contributed by atoms with Gasteiger partial charge in [0.2, 0.25) is 0 Å². The third kappa shape index (κ3) is 1.27. The summed E-state index contributed by atoms with van der Waals surface area (Å²) in [6.45, 7) is 2.06. The molecule has 62 valence electrons. The van der Waals surface area contributed by atoms with Crippen LogP contribution in [0.3, 0.4) is 0 Å². The van der Waals surface area contributed by atoms with E-state index in [4.69, 9.17) is 0 Å². The average molecular weight is 178 g/mol. The van der Waals surface area contributed by atoms with E-state index in [-0.39, 0.29) is 5.78 Å². The fraction of sp³-hybridized carbons (Fsp3) is 0.300. The van der Waals surface area contributed by atoms with Crippen LogP contribution in [0.15, 0.2) is 18.2 Å². The summed E-state index contributed by atoms with van der Waals surface area (Å²) in [5.41, 5.74) is 3.37. The van der Waals surface area contributed by atoms with Crippen molar-refractivity contribution in [1.82, 2.24) is 0 Å². The third-order valence-electron chi connectivity index (χ3n) is 2.05. The van der Waals surface area contributed by atoms with Crippen LogP contribution in [-0.4, -0.2) is 11.5 Å². The Morgan fingerprint density at radius 3 is 3.00 bits per heavy atom. The second kappa shape index (κ2) is 2.94. The second-order valence-corrected chi connectivity index (χ2v) is 4.06. The standard InChI is InChI=1S/C10H10OS/c1-7-2-3-9-8(4-7)5-12-6-10(9)11/h2-4H,5-6H2,1H3. The number of hydrogen-bond acceptors (Lipinski definition) is 2. The highest BCUT2D eigenvalue weighted by Gasteiger charge is 2.16. The van der Waals surface area contributed by atoms with Crippen molar-refractivity contribution >= 4 is 17.5 Å². The Morgan fingerprint density at radius 2 is 2.17 bits per heavy atom. The maximum atomic E-state index is 11.4. The van der Waals surface area contributed by atoms with E-state index >= 15 is 0 Å². The van der Waals surface area contributed by atoms with Crippen LogP contribution < -0.4 is 0 Å². The summed E-state index contributed by atoms with van der Waals surface area (Å²) in [6, 6.07) is 6.07. The molecular weight excluding hydrogens is 168 g/mol. The topological polar surface area (TPSA) is 17.1 Å². The molecule has 1 aliphatic heterocycles. The Kier molecular flexibility index (Phi) is 1.93. The van der Waals surface area contributed by atoms with Crippen molar-refractivity contribution in [2.45, 2.75) is 12.7 Å². The number of rotatable bonds is 0. The van der Waals surface area contributed by atoms with Crippen molar-refractivity contribution in [2.75, 3.05) is 5.75 Å². The first-order valence-electron chi connectivity index (χ1n) is 3.98. The lowest BCUT2D eigenvalue weighted by Crippen LogP contribution is -2.11. The zero-order valence-corrected chi connectivity index (χ0v) is 7.78. The third-order valence-corrected chi connectivity index (χ3v) is 3.03. The van der Waals surface area contributed by atoms with Crippen molar-refractivity contribution in [1.29, 1.82) is 0 Å². The van der Waals surface area contributed by atoms with Crippen molar-refractivity contribution in [2.24, 2.45) is 0 Å². The highest BCUT2D eigenvalue weighted by molar-refractivity contribution is 7.99. The maximum Gasteiger partial charge on any atom is 0.173 e. The van der Waals surface area contributed by atoms with E-state index in [9.17, 15) is 4.79 Å². The minimum Gasteiger partial charge on any atom is -0.293 e. The summed E-state index contributed by atoms with van der Waals surface area (Å²) in [7, 11) is 0. The zero-order valence-electron chi connectivity index (χ0n) is 6.96. The molecule has 2 heteroatoms. The van der Waals surface area contributed by atoms with Gasteiger partial charge in [-0.3, -0.25) is 4.79 Å². The van der Waals surface area contributed by atoms with Crippen LogP contribution >= 0.6 is 11.8 Å². The highest BCUT2D eigenvalue weighted by atomic mass is 32.2. The molecule has 1 nitrogen and oxygen atoms in total. The van der Waals surface area contributed by atoms with Crippen molar-refractivity contribution in [3.8, 4) is 0 Å². The van der Waals surface area contributed by atoms with Crippen LogP contribution in [0, 0.1) is 6.92 Å². The van der Waals surface area contributed by atoms with E-state index in [0.717, 1.165) is 11.3 Å². The molecule has 0 saturated carbocycles. The SMILES string of the molecule is Cc1ccc2c(c1)CSCC2=O. The van der Waals surface area contributed by atoms with Crippen LogP contribution in [0.1, 0.15) is 21.5 Å². The van der Waals surface area contributed by atoms with Crippen LogP contribution in [-0.2, 0) is 5.75 Å². The Hall–Kier alpha value is -0.760. The molecule has 0 saturated heterocycles. The summed E-state index contributed by atoms with van der Waals surface area (Å²) in [6.07, 6.45) is 0. The van der Waals surface area contributed by atoms with Gasteiger partial charge in [0, 0.05) is 11.3 Å². The molecule has 0 spiro atoms. The van der Waals surface area contributed by atoms with Crippen molar-refractivity contribution in [3.63, 3.8) is 0 Å². The summed E-state index contributed by atoms with van der Waals surface area (Å²) < 4.78 is 0. The van der Waals surface area contributed by atoms with Gasteiger partial charge in [0.15, 0.2) is 5.78 Å². The van der Waals surface area contributed by atoms with Crippen LogP contribution in [0.5, 0.6) is 0 Å². The summed E-state index contributed by atoms with van der Waals surface area (Å²) >= 11 is 1.70. The molecule has 2 rings (SSSR count). The van der Waals surface area contributed by atoms with E-state index < -0.39 is 0 Å². The van der Waals surface area contributed by atoms with Gasteiger partial charge in [-0.1, -0.05) is 23.8 Å². The van der Waals surface area contributed by atoms with Gasteiger partial charge in [0.1, 0.15) is 0 Å². The molecule has 1 aromatic carbocycles. The lowest BCUT2D eigenvalue weighted by molar-refractivity contribution is 0.102. The van der Waals surface area contributed by atoms with Gasteiger partial charge in [-0.25, -0.2) is 0 Å². The first-order valence-corrected chi connectivity index (χ1v) is 5.13. The molecule has 0 fully saturated rings. The smallest absolute Gasteiger partial charge is 0.173 e. The molecule has 12 heavy (non-hydrogen) atoms. The molecule has 0 aromatic heterocycles. The molecule has 0 N–H and O–H groups in total. The monoisotopic (exact) mass is 178 g/mol. The van der Waals surface area contributed by atoms with E-state index in [1.165, 1.54) is 11.1 Å². The van der Waals surface area contributed by atoms with Crippen LogP contribution in [0.25, 0.3) is 0 Å².